The number of anilines is 1. The highest BCUT2D eigenvalue weighted by atomic mass is 16.5. The van der Waals surface area contributed by atoms with Crippen LogP contribution in [0.25, 0.3) is 0 Å². The van der Waals surface area contributed by atoms with Crippen LogP contribution in [0.5, 0.6) is 5.75 Å². The molecule has 5 heteroatoms. The maximum atomic E-state index is 12.7. The predicted molar refractivity (Wildman–Crippen MR) is 114 cm³/mol. The molecule has 2 N–H and O–H groups in total. The van der Waals surface area contributed by atoms with E-state index in [-0.39, 0.29) is 11.8 Å². The van der Waals surface area contributed by atoms with Crippen molar-refractivity contribution < 1.29 is 14.3 Å². The van der Waals surface area contributed by atoms with Gasteiger partial charge in [0, 0.05) is 17.7 Å². The fourth-order valence-corrected chi connectivity index (χ4v) is 2.93. The molecule has 0 unspecified atom stereocenters. The van der Waals surface area contributed by atoms with Gasteiger partial charge in [-0.05, 0) is 55.3 Å². The molecule has 148 valence electrons. The second-order valence-electron chi connectivity index (χ2n) is 6.57. The molecule has 0 aliphatic carbocycles. The van der Waals surface area contributed by atoms with Crippen molar-refractivity contribution in [3.05, 3.63) is 95.1 Å². The maximum Gasteiger partial charge on any atom is 0.255 e. The molecule has 0 fully saturated rings. The minimum Gasteiger partial charge on any atom is -0.492 e. The van der Waals surface area contributed by atoms with Gasteiger partial charge in [-0.3, -0.25) is 9.59 Å². The molecule has 0 heterocycles. The van der Waals surface area contributed by atoms with Gasteiger partial charge in [-0.25, -0.2) is 0 Å². The molecule has 0 aliphatic rings. The Labute approximate surface area is 170 Å². The highest BCUT2D eigenvalue weighted by molar-refractivity contribution is 6.06. The first-order valence-electron chi connectivity index (χ1n) is 9.54. The first-order chi connectivity index (χ1) is 14.1. The predicted octanol–water partition coefficient (Wildman–Crippen LogP) is 4.58. The number of rotatable bonds is 7. The molecule has 0 spiro atoms. The number of amides is 2. The molecule has 3 rings (SSSR count). The van der Waals surface area contributed by atoms with E-state index in [2.05, 4.69) is 10.6 Å². The van der Waals surface area contributed by atoms with Crippen molar-refractivity contribution in [1.29, 1.82) is 0 Å². The van der Waals surface area contributed by atoms with Crippen LogP contribution >= 0.6 is 0 Å². The number of nitrogens with one attached hydrogen (secondary N) is 2. The summed E-state index contributed by atoms with van der Waals surface area (Å²) in [6.45, 7) is 4.83. The van der Waals surface area contributed by atoms with Gasteiger partial charge in [0.2, 0.25) is 0 Å². The van der Waals surface area contributed by atoms with Crippen LogP contribution in [0.4, 0.5) is 5.69 Å². The molecular weight excluding hydrogens is 364 g/mol. The van der Waals surface area contributed by atoms with Gasteiger partial charge in [0.15, 0.2) is 0 Å². The minimum absolute atomic E-state index is 0.224. The molecule has 5 nitrogen and oxygen atoms in total. The van der Waals surface area contributed by atoms with Crippen molar-refractivity contribution in [3.63, 3.8) is 0 Å². The van der Waals surface area contributed by atoms with Crippen LogP contribution in [0.3, 0.4) is 0 Å². The zero-order valence-electron chi connectivity index (χ0n) is 16.6. The third-order valence-electron chi connectivity index (χ3n) is 4.52. The summed E-state index contributed by atoms with van der Waals surface area (Å²) in [6, 6.07) is 21.8. The molecule has 0 atom stereocenters. The highest BCUT2D eigenvalue weighted by Gasteiger charge is 2.13. The van der Waals surface area contributed by atoms with Crippen LogP contribution in [0, 0.1) is 6.92 Å². The van der Waals surface area contributed by atoms with E-state index in [1.54, 1.807) is 36.4 Å². The van der Waals surface area contributed by atoms with E-state index < -0.39 is 0 Å². The number of aryl methyl sites for hydroxylation is 1. The number of ether oxygens (including phenoxy) is 1. The molecule has 0 saturated heterocycles. The zero-order chi connectivity index (χ0) is 20.6. The van der Waals surface area contributed by atoms with Gasteiger partial charge in [-0.1, -0.05) is 42.5 Å². The fraction of sp³-hybridized carbons (Fsp3) is 0.167. The molecule has 3 aromatic rings. The van der Waals surface area contributed by atoms with Crippen molar-refractivity contribution >= 4 is 17.5 Å². The Bertz CT molecular complexity index is 1010. The maximum absolute atomic E-state index is 12.7. The summed E-state index contributed by atoms with van der Waals surface area (Å²) >= 11 is 0. The van der Waals surface area contributed by atoms with E-state index in [4.69, 9.17) is 4.74 Å². The summed E-state index contributed by atoms with van der Waals surface area (Å²) in [4.78, 5) is 25.2. The van der Waals surface area contributed by atoms with E-state index >= 15 is 0 Å². The average molecular weight is 388 g/mol. The number of para-hydroxylation sites is 2. The number of hydrogen-bond acceptors (Lipinski definition) is 3. The standard InChI is InChI=1S/C24H24N2O3/c1-3-29-22-14-7-6-13-21(22)26-24(28)19-12-8-11-18(15-19)23(27)25-16-20-10-5-4-9-17(20)2/h4-15H,3,16H2,1-2H3,(H,25,27)(H,26,28). The quantitative estimate of drug-likeness (QED) is 0.623. The van der Waals surface area contributed by atoms with E-state index in [0.717, 1.165) is 11.1 Å². The summed E-state index contributed by atoms with van der Waals surface area (Å²) in [5, 5.41) is 5.75. The number of hydrogen-bond donors (Lipinski definition) is 2. The Morgan fingerprint density at radius 3 is 2.31 bits per heavy atom. The smallest absolute Gasteiger partial charge is 0.255 e. The molecule has 3 aromatic carbocycles. The minimum atomic E-state index is -0.300. The monoisotopic (exact) mass is 388 g/mol. The summed E-state index contributed by atoms with van der Waals surface area (Å²) in [6.07, 6.45) is 0. The Morgan fingerprint density at radius 2 is 1.55 bits per heavy atom. The highest BCUT2D eigenvalue weighted by Crippen LogP contribution is 2.24. The van der Waals surface area contributed by atoms with E-state index in [9.17, 15) is 9.59 Å². The summed E-state index contributed by atoms with van der Waals surface area (Å²) < 4.78 is 5.54. The Morgan fingerprint density at radius 1 is 0.862 bits per heavy atom. The second kappa shape index (κ2) is 9.55. The van der Waals surface area contributed by atoms with Gasteiger partial charge >= 0.3 is 0 Å². The lowest BCUT2D eigenvalue weighted by Gasteiger charge is -2.12. The van der Waals surface area contributed by atoms with Crippen LogP contribution in [-0.4, -0.2) is 18.4 Å². The lowest BCUT2D eigenvalue weighted by molar-refractivity contribution is 0.0951. The van der Waals surface area contributed by atoms with Gasteiger partial charge in [-0.2, -0.15) is 0 Å². The third-order valence-corrected chi connectivity index (χ3v) is 4.52. The molecule has 0 radical (unpaired) electrons. The van der Waals surface area contributed by atoms with Crippen LogP contribution in [-0.2, 0) is 6.54 Å². The summed E-state index contributed by atoms with van der Waals surface area (Å²) in [5.41, 5.74) is 3.61. The summed E-state index contributed by atoms with van der Waals surface area (Å²) in [7, 11) is 0. The van der Waals surface area contributed by atoms with Gasteiger partial charge in [-0.15, -0.1) is 0 Å². The van der Waals surface area contributed by atoms with Crippen molar-refractivity contribution in [2.45, 2.75) is 20.4 Å². The van der Waals surface area contributed by atoms with Crippen molar-refractivity contribution in [3.8, 4) is 5.75 Å². The Kier molecular flexibility index (Phi) is 6.63. The second-order valence-corrected chi connectivity index (χ2v) is 6.57. The summed E-state index contributed by atoms with van der Waals surface area (Å²) in [5.74, 6) is 0.0822. The SMILES string of the molecule is CCOc1ccccc1NC(=O)c1cccc(C(=O)NCc2ccccc2C)c1. The van der Waals surface area contributed by atoms with Crippen LogP contribution < -0.4 is 15.4 Å². The van der Waals surface area contributed by atoms with E-state index in [1.807, 2.05) is 50.2 Å². The number of benzene rings is 3. The number of carbonyl (C=O) groups excluding carboxylic acids is 2. The van der Waals surface area contributed by atoms with Gasteiger partial charge in [0.25, 0.3) is 11.8 Å². The van der Waals surface area contributed by atoms with E-state index in [1.165, 1.54) is 0 Å². The van der Waals surface area contributed by atoms with E-state index in [0.29, 0.717) is 35.7 Å². The lowest BCUT2D eigenvalue weighted by atomic mass is 10.1. The zero-order valence-corrected chi connectivity index (χ0v) is 16.6. The van der Waals surface area contributed by atoms with Gasteiger partial charge in [0.1, 0.15) is 5.75 Å². The average Bonchev–Trinajstić information content (AvgIpc) is 2.74. The number of carbonyl (C=O) groups is 2. The molecule has 0 aromatic heterocycles. The van der Waals surface area contributed by atoms with Crippen molar-refractivity contribution in [2.75, 3.05) is 11.9 Å². The normalized spacial score (nSPS) is 10.3. The fourth-order valence-electron chi connectivity index (χ4n) is 2.93. The van der Waals surface area contributed by atoms with Crippen LogP contribution in [0.15, 0.2) is 72.8 Å². The molecule has 29 heavy (non-hydrogen) atoms. The van der Waals surface area contributed by atoms with Gasteiger partial charge < -0.3 is 15.4 Å². The van der Waals surface area contributed by atoms with Crippen molar-refractivity contribution in [1.82, 2.24) is 5.32 Å². The molecule has 0 aliphatic heterocycles. The van der Waals surface area contributed by atoms with Gasteiger partial charge in [0.05, 0.1) is 12.3 Å². The van der Waals surface area contributed by atoms with Crippen LogP contribution in [0.1, 0.15) is 38.8 Å². The first kappa shape index (κ1) is 20.1. The molecular formula is C24H24N2O3. The molecule has 2 amide bonds. The van der Waals surface area contributed by atoms with Crippen molar-refractivity contribution in [2.24, 2.45) is 0 Å². The molecule has 0 bridgehead atoms. The molecule has 0 saturated carbocycles. The first-order valence-corrected chi connectivity index (χ1v) is 9.54. The Balaban J connectivity index is 1.69. The largest absolute Gasteiger partial charge is 0.492 e. The lowest BCUT2D eigenvalue weighted by Crippen LogP contribution is -2.23. The third kappa shape index (κ3) is 5.23. The topological polar surface area (TPSA) is 67.4 Å². The van der Waals surface area contributed by atoms with Crippen LogP contribution in [0.2, 0.25) is 0 Å². The Hall–Kier alpha value is -3.60.